The minimum absolute atomic E-state index is 0.00949. The quantitative estimate of drug-likeness (QED) is 0.778. The second-order valence-corrected chi connectivity index (χ2v) is 4.60. The summed E-state index contributed by atoms with van der Waals surface area (Å²) >= 11 is 0. The molecule has 0 saturated heterocycles. The van der Waals surface area contributed by atoms with E-state index in [2.05, 4.69) is 36.2 Å². The van der Waals surface area contributed by atoms with Crippen LogP contribution in [0.1, 0.15) is 18.1 Å². The third kappa shape index (κ3) is 2.13. The lowest BCUT2D eigenvalue weighted by atomic mass is 10.1. The van der Waals surface area contributed by atoms with E-state index in [4.69, 9.17) is 0 Å². The Morgan fingerprint density at radius 1 is 1.16 bits per heavy atom. The van der Waals surface area contributed by atoms with Crippen molar-refractivity contribution in [2.24, 2.45) is 0 Å². The van der Waals surface area contributed by atoms with Crippen LogP contribution in [0.15, 0.2) is 48.8 Å². The Hall–Kier alpha value is -2.13. The molecule has 3 aromatic rings. The summed E-state index contributed by atoms with van der Waals surface area (Å²) < 4.78 is 1.95. The molecule has 96 valence electrons. The zero-order chi connectivity index (χ0) is 13.2. The first-order valence-corrected chi connectivity index (χ1v) is 6.48. The molecular formula is C16H16N2O. The number of imidazole rings is 1. The van der Waals surface area contributed by atoms with Crippen molar-refractivity contribution in [3.63, 3.8) is 0 Å². The Bertz CT molecular complexity index is 698. The van der Waals surface area contributed by atoms with Crippen molar-refractivity contribution in [2.45, 2.75) is 20.0 Å². The van der Waals surface area contributed by atoms with E-state index >= 15 is 0 Å². The van der Waals surface area contributed by atoms with Crippen LogP contribution >= 0.6 is 0 Å². The molecule has 2 heterocycles. The number of aryl methyl sites for hydroxylation is 1. The standard InChI is InChI=1S/C16H16N2O/c1-2-12-5-7-13(8-6-12)15-10-18-9-3-4-14(11-19)16(18)17-15/h3-10,19H,2,11H2,1H3. The molecule has 0 aliphatic heterocycles. The number of fused-ring (bicyclic) bond motifs is 1. The first kappa shape index (κ1) is 11.9. The maximum atomic E-state index is 9.33. The van der Waals surface area contributed by atoms with Crippen LogP contribution in [0.5, 0.6) is 0 Å². The van der Waals surface area contributed by atoms with E-state index < -0.39 is 0 Å². The van der Waals surface area contributed by atoms with E-state index in [0.29, 0.717) is 0 Å². The molecule has 0 bridgehead atoms. The fraction of sp³-hybridized carbons (Fsp3) is 0.188. The summed E-state index contributed by atoms with van der Waals surface area (Å²) in [5.74, 6) is 0. The molecule has 1 N–H and O–H groups in total. The molecule has 0 aliphatic rings. The van der Waals surface area contributed by atoms with Gasteiger partial charge in [0.1, 0.15) is 5.65 Å². The van der Waals surface area contributed by atoms with Crippen LogP contribution < -0.4 is 0 Å². The molecular weight excluding hydrogens is 236 g/mol. The number of pyridine rings is 1. The Labute approximate surface area is 112 Å². The number of nitrogens with zero attached hydrogens (tertiary/aromatic N) is 2. The second-order valence-electron chi connectivity index (χ2n) is 4.60. The van der Waals surface area contributed by atoms with Gasteiger partial charge in [0.2, 0.25) is 0 Å². The SMILES string of the molecule is CCc1ccc(-c2cn3cccc(CO)c3n2)cc1. The molecule has 0 unspecified atom stereocenters. The highest BCUT2D eigenvalue weighted by atomic mass is 16.3. The van der Waals surface area contributed by atoms with Crippen LogP contribution in [-0.2, 0) is 13.0 Å². The van der Waals surface area contributed by atoms with Gasteiger partial charge in [-0.25, -0.2) is 4.98 Å². The first-order chi connectivity index (χ1) is 9.31. The maximum absolute atomic E-state index is 9.33. The molecule has 0 fully saturated rings. The highest BCUT2D eigenvalue weighted by Gasteiger charge is 2.07. The van der Waals surface area contributed by atoms with Gasteiger partial charge in [0.05, 0.1) is 12.3 Å². The minimum atomic E-state index is 0.00949. The lowest BCUT2D eigenvalue weighted by molar-refractivity contribution is 0.282. The molecule has 0 spiro atoms. The van der Waals surface area contributed by atoms with Crippen molar-refractivity contribution in [3.05, 3.63) is 59.9 Å². The van der Waals surface area contributed by atoms with E-state index in [0.717, 1.165) is 28.9 Å². The first-order valence-electron chi connectivity index (χ1n) is 6.48. The third-order valence-corrected chi connectivity index (χ3v) is 3.39. The number of hydrogen-bond donors (Lipinski definition) is 1. The summed E-state index contributed by atoms with van der Waals surface area (Å²) in [5.41, 5.74) is 5.02. The zero-order valence-corrected chi connectivity index (χ0v) is 10.9. The maximum Gasteiger partial charge on any atom is 0.142 e. The van der Waals surface area contributed by atoms with Crippen molar-refractivity contribution in [3.8, 4) is 11.3 Å². The van der Waals surface area contributed by atoms with Gasteiger partial charge < -0.3 is 9.51 Å². The number of benzene rings is 1. The normalized spacial score (nSPS) is 11.1. The van der Waals surface area contributed by atoms with Crippen molar-refractivity contribution >= 4 is 5.65 Å². The Morgan fingerprint density at radius 2 is 1.95 bits per heavy atom. The predicted molar refractivity (Wildman–Crippen MR) is 75.9 cm³/mol. The van der Waals surface area contributed by atoms with E-state index in [1.807, 2.05) is 28.9 Å². The molecule has 19 heavy (non-hydrogen) atoms. The number of rotatable bonds is 3. The fourth-order valence-electron chi connectivity index (χ4n) is 2.24. The molecule has 0 aliphatic carbocycles. The summed E-state index contributed by atoms with van der Waals surface area (Å²) in [4.78, 5) is 4.61. The summed E-state index contributed by atoms with van der Waals surface area (Å²) in [6, 6.07) is 12.3. The van der Waals surface area contributed by atoms with Crippen LogP contribution in [0.2, 0.25) is 0 Å². The average Bonchev–Trinajstić information content (AvgIpc) is 2.91. The lowest BCUT2D eigenvalue weighted by Crippen LogP contribution is -1.90. The second kappa shape index (κ2) is 4.86. The largest absolute Gasteiger partial charge is 0.392 e. The Kier molecular flexibility index (Phi) is 3.05. The Morgan fingerprint density at radius 3 is 2.63 bits per heavy atom. The number of aliphatic hydroxyl groups is 1. The van der Waals surface area contributed by atoms with Crippen LogP contribution in [0.25, 0.3) is 16.9 Å². The van der Waals surface area contributed by atoms with Gasteiger partial charge >= 0.3 is 0 Å². The van der Waals surface area contributed by atoms with Crippen LogP contribution in [0, 0.1) is 0 Å². The van der Waals surface area contributed by atoms with Crippen molar-refractivity contribution in [1.82, 2.24) is 9.38 Å². The van der Waals surface area contributed by atoms with Gasteiger partial charge in [0.25, 0.3) is 0 Å². The number of aromatic nitrogens is 2. The molecule has 2 aromatic heterocycles. The van der Waals surface area contributed by atoms with Crippen LogP contribution in [0.3, 0.4) is 0 Å². The predicted octanol–water partition coefficient (Wildman–Crippen LogP) is 3.06. The minimum Gasteiger partial charge on any atom is -0.392 e. The van der Waals surface area contributed by atoms with Gasteiger partial charge in [-0.05, 0) is 18.1 Å². The van der Waals surface area contributed by atoms with Gasteiger partial charge in [-0.2, -0.15) is 0 Å². The molecule has 3 nitrogen and oxygen atoms in total. The molecule has 0 atom stereocenters. The van der Waals surface area contributed by atoms with Crippen molar-refractivity contribution in [2.75, 3.05) is 0 Å². The molecule has 3 rings (SSSR count). The summed E-state index contributed by atoms with van der Waals surface area (Å²) in [6.07, 6.45) is 4.99. The molecule has 0 amide bonds. The number of aliphatic hydroxyl groups excluding tert-OH is 1. The third-order valence-electron chi connectivity index (χ3n) is 3.39. The van der Waals surface area contributed by atoms with E-state index in [1.54, 1.807) is 0 Å². The highest BCUT2D eigenvalue weighted by Crippen LogP contribution is 2.21. The fourth-order valence-corrected chi connectivity index (χ4v) is 2.24. The van der Waals surface area contributed by atoms with Crippen LogP contribution in [0.4, 0.5) is 0 Å². The average molecular weight is 252 g/mol. The van der Waals surface area contributed by atoms with Crippen LogP contribution in [-0.4, -0.2) is 14.5 Å². The van der Waals surface area contributed by atoms with E-state index in [1.165, 1.54) is 5.56 Å². The zero-order valence-electron chi connectivity index (χ0n) is 10.9. The van der Waals surface area contributed by atoms with Gasteiger partial charge in [-0.1, -0.05) is 37.3 Å². The van der Waals surface area contributed by atoms with Gasteiger partial charge in [-0.15, -0.1) is 0 Å². The van der Waals surface area contributed by atoms with Gasteiger partial charge in [0, 0.05) is 23.5 Å². The molecule has 3 heteroatoms. The van der Waals surface area contributed by atoms with Crippen molar-refractivity contribution in [1.29, 1.82) is 0 Å². The summed E-state index contributed by atoms with van der Waals surface area (Å²) in [5, 5.41) is 9.33. The summed E-state index contributed by atoms with van der Waals surface area (Å²) in [7, 11) is 0. The lowest BCUT2D eigenvalue weighted by Gasteiger charge is -1.98. The smallest absolute Gasteiger partial charge is 0.142 e. The van der Waals surface area contributed by atoms with Gasteiger partial charge in [-0.3, -0.25) is 0 Å². The molecule has 0 radical (unpaired) electrons. The monoisotopic (exact) mass is 252 g/mol. The number of hydrogen-bond acceptors (Lipinski definition) is 2. The molecule has 0 saturated carbocycles. The Balaban J connectivity index is 2.09. The topological polar surface area (TPSA) is 37.5 Å². The molecule has 1 aromatic carbocycles. The highest BCUT2D eigenvalue weighted by molar-refractivity contribution is 5.64. The van der Waals surface area contributed by atoms with Crippen molar-refractivity contribution < 1.29 is 5.11 Å². The van der Waals surface area contributed by atoms with Gasteiger partial charge in [0.15, 0.2) is 0 Å². The van der Waals surface area contributed by atoms with E-state index in [9.17, 15) is 5.11 Å². The van der Waals surface area contributed by atoms with E-state index in [-0.39, 0.29) is 6.61 Å². The summed E-state index contributed by atoms with van der Waals surface area (Å²) in [6.45, 7) is 2.16.